The van der Waals surface area contributed by atoms with Crippen LogP contribution in [0.25, 0.3) is 21.8 Å². The largest absolute Gasteiger partial charge is 0.296 e. The van der Waals surface area contributed by atoms with Crippen LogP contribution in [-0.4, -0.2) is 37.6 Å². The number of nitrogens with zero attached hydrogens (tertiary/aromatic N) is 3. The highest BCUT2D eigenvalue weighted by atomic mass is 32.2. The lowest BCUT2D eigenvalue weighted by molar-refractivity contribution is 0.102. The number of carbonyl (C=O) groups excluding carboxylic acids is 1. The predicted octanol–water partition coefficient (Wildman–Crippen LogP) is 4.89. The number of anilines is 2. The molecule has 2 aromatic heterocycles. The van der Waals surface area contributed by atoms with Crippen molar-refractivity contribution in [2.75, 3.05) is 22.9 Å². The van der Waals surface area contributed by atoms with Crippen LogP contribution in [0.2, 0.25) is 0 Å². The molecule has 2 aromatic carbocycles. The molecule has 0 spiro atoms. The number of amides is 1. The summed E-state index contributed by atoms with van der Waals surface area (Å²) in [4.78, 5) is 21.5. The molecule has 164 valence electrons. The number of thiazole rings is 2. The zero-order chi connectivity index (χ0) is 22.9. The summed E-state index contributed by atoms with van der Waals surface area (Å²) in [5.74, 6) is -0.314. The quantitative estimate of drug-likeness (QED) is 0.421. The standard InChI is InChI=1S/C22H20N4O3S3/c1-14-4-6-16(7-5-14)21-23-19(13-30-21)20(27)25-22-24-18(12-31-22)15-8-10-17(11-9-15)26(2)32(3,28)29/h4-13H,1-3H3,(H,24,25,27). The van der Waals surface area contributed by atoms with E-state index in [1.54, 1.807) is 29.6 Å². The first-order chi connectivity index (χ1) is 15.2. The Hall–Kier alpha value is -3.08. The van der Waals surface area contributed by atoms with Gasteiger partial charge in [0, 0.05) is 28.9 Å². The van der Waals surface area contributed by atoms with E-state index in [9.17, 15) is 13.2 Å². The van der Waals surface area contributed by atoms with Crippen molar-refractivity contribution in [1.29, 1.82) is 0 Å². The summed E-state index contributed by atoms with van der Waals surface area (Å²) in [6, 6.07) is 15.0. The first-order valence-electron chi connectivity index (χ1n) is 9.54. The van der Waals surface area contributed by atoms with Gasteiger partial charge in [0.2, 0.25) is 10.0 Å². The molecule has 4 rings (SSSR count). The van der Waals surface area contributed by atoms with Gasteiger partial charge in [-0.2, -0.15) is 0 Å². The molecule has 0 saturated heterocycles. The minimum Gasteiger partial charge on any atom is -0.296 e. The van der Waals surface area contributed by atoms with Crippen LogP contribution in [0.1, 0.15) is 16.1 Å². The Kier molecular flexibility index (Phi) is 6.09. The Morgan fingerprint density at radius 2 is 1.59 bits per heavy atom. The van der Waals surface area contributed by atoms with Crippen LogP contribution in [0.15, 0.2) is 59.3 Å². The first-order valence-corrected chi connectivity index (χ1v) is 13.2. The summed E-state index contributed by atoms with van der Waals surface area (Å²) in [5, 5.41) is 7.62. The van der Waals surface area contributed by atoms with Crippen LogP contribution in [0.5, 0.6) is 0 Å². The molecule has 32 heavy (non-hydrogen) atoms. The predicted molar refractivity (Wildman–Crippen MR) is 131 cm³/mol. The minimum absolute atomic E-state index is 0.314. The van der Waals surface area contributed by atoms with Crippen molar-refractivity contribution in [3.8, 4) is 21.8 Å². The fourth-order valence-electron chi connectivity index (χ4n) is 2.87. The maximum Gasteiger partial charge on any atom is 0.276 e. The molecular formula is C22H20N4O3S3. The van der Waals surface area contributed by atoms with Gasteiger partial charge < -0.3 is 0 Å². The van der Waals surface area contributed by atoms with Crippen molar-refractivity contribution in [2.45, 2.75) is 6.92 Å². The fraction of sp³-hybridized carbons (Fsp3) is 0.136. The Morgan fingerprint density at radius 1 is 0.938 bits per heavy atom. The zero-order valence-electron chi connectivity index (χ0n) is 17.6. The van der Waals surface area contributed by atoms with E-state index in [0.717, 1.165) is 22.4 Å². The van der Waals surface area contributed by atoms with Gasteiger partial charge in [-0.3, -0.25) is 14.4 Å². The van der Waals surface area contributed by atoms with Crippen LogP contribution in [0.4, 0.5) is 10.8 Å². The molecule has 2 heterocycles. The molecule has 0 bridgehead atoms. The number of carbonyl (C=O) groups is 1. The number of nitrogens with one attached hydrogen (secondary N) is 1. The zero-order valence-corrected chi connectivity index (χ0v) is 20.0. The number of rotatable bonds is 6. The molecule has 0 atom stereocenters. The van der Waals surface area contributed by atoms with Crippen LogP contribution < -0.4 is 9.62 Å². The molecule has 0 radical (unpaired) electrons. The first kappa shape index (κ1) is 22.1. The van der Waals surface area contributed by atoms with Crippen LogP contribution >= 0.6 is 22.7 Å². The van der Waals surface area contributed by atoms with Gasteiger partial charge in [0.25, 0.3) is 5.91 Å². The lowest BCUT2D eigenvalue weighted by Gasteiger charge is -2.16. The van der Waals surface area contributed by atoms with Crippen LogP contribution in [0, 0.1) is 6.92 Å². The molecule has 0 unspecified atom stereocenters. The smallest absolute Gasteiger partial charge is 0.276 e. The summed E-state index contributed by atoms with van der Waals surface area (Å²) in [6.45, 7) is 2.02. The molecule has 0 saturated carbocycles. The second-order valence-corrected chi connectivity index (χ2v) is 10.9. The van der Waals surface area contributed by atoms with Crippen molar-refractivity contribution in [2.24, 2.45) is 0 Å². The summed E-state index contributed by atoms with van der Waals surface area (Å²) in [5.41, 5.74) is 4.56. The normalized spacial score (nSPS) is 11.3. The van der Waals surface area contributed by atoms with Gasteiger partial charge in [0.1, 0.15) is 10.7 Å². The van der Waals surface area contributed by atoms with Gasteiger partial charge in [0.05, 0.1) is 17.6 Å². The summed E-state index contributed by atoms with van der Waals surface area (Å²) < 4.78 is 24.6. The Morgan fingerprint density at radius 3 is 2.25 bits per heavy atom. The number of sulfonamides is 1. The van der Waals surface area contributed by atoms with Gasteiger partial charge >= 0.3 is 0 Å². The Balaban J connectivity index is 1.45. The molecule has 0 aliphatic heterocycles. The molecule has 7 nitrogen and oxygen atoms in total. The summed E-state index contributed by atoms with van der Waals surface area (Å²) >= 11 is 2.73. The molecule has 4 aromatic rings. The van der Waals surface area contributed by atoms with E-state index in [0.29, 0.717) is 22.2 Å². The lowest BCUT2D eigenvalue weighted by Crippen LogP contribution is -2.24. The molecule has 1 N–H and O–H groups in total. The SMILES string of the molecule is Cc1ccc(-c2nc(C(=O)Nc3nc(-c4ccc(N(C)S(C)(=O)=O)cc4)cs3)cs2)cc1. The van der Waals surface area contributed by atoms with Crippen molar-refractivity contribution >= 4 is 49.4 Å². The van der Waals surface area contributed by atoms with E-state index in [2.05, 4.69) is 15.3 Å². The second kappa shape index (κ2) is 8.81. The monoisotopic (exact) mass is 484 g/mol. The van der Waals surface area contributed by atoms with E-state index in [1.165, 1.54) is 39.6 Å². The Labute approximate surface area is 194 Å². The third kappa shape index (κ3) is 4.87. The fourth-order valence-corrected chi connectivity index (χ4v) is 4.89. The van der Waals surface area contributed by atoms with Gasteiger partial charge in [0.15, 0.2) is 5.13 Å². The number of hydrogen-bond donors (Lipinski definition) is 1. The van der Waals surface area contributed by atoms with Crippen molar-refractivity contribution in [3.05, 3.63) is 70.5 Å². The third-order valence-electron chi connectivity index (χ3n) is 4.78. The maximum absolute atomic E-state index is 12.6. The second-order valence-electron chi connectivity index (χ2n) is 7.17. The lowest BCUT2D eigenvalue weighted by atomic mass is 10.1. The average molecular weight is 485 g/mol. The van der Waals surface area contributed by atoms with Gasteiger partial charge in [-0.05, 0) is 19.1 Å². The van der Waals surface area contributed by atoms with Crippen molar-refractivity contribution in [1.82, 2.24) is 9.97 Å². The number of aromatic nitrogens is 2. The summed E-state index contributed by atoms with van der Waals surface area (Å²) in [6.07, 6.45) is 1.16. The van der Waals surface area contributed by atoms with Crippen LogP contribution in [-0.2, 0) is 10.0 Å². The van der Waals surface area contributed by atoms with E-state index >= 15 is 0 Å². The van der Waals surface area contributed by atoms with Crippen LogP contribution in [0.3, 0.4) is 0 Å². The molecule has 1 amide bonds. The van der Waals surface area contributed by atoms with Gasteiger partial charge in [-0.1, -0.05) is 42.0 Å². The topological polar surface area (TPSA) is 92.3 Å². The number of hydrogen-bond acceptors (Lipinski definition) is 7. The highest BCUT2D eigenvalue weighted by Crippen LogP contribution is 2.28. The number of benzene rings is 2. The molecule has 0 aliphatic carbocycles. The highest BCUT2D eigenvalue weighted by molar-refractivity contribution is 7.92. The third-order valence-corrected chi connectivity index (χ3v) is 7.64. The minimum atomic E-state index is -3.32. The van der Waals surface area contributed by atoms with E-state index in [-0.39, 0.29) is 5.91 Å². The summed E-state index contributed by atoms with van der Waals surface area (Å²) in [7, 11) is -1.82. The molecule has 0 aliphatic rings. The Bertz CT molecular complexity index is 1360. The molecular weight excluding hydrogens is 464 g/mol. The van der Waals surface area contributed by atoms with E-state index < -0.39 is 10.0 Å². The van der Waals surface area contributed by atoms with E-state index in [1.807, 2.05) is 36.6 Å². The van der Waals surface area contributed by atoms with Crippen molar-refractivity contribution < 1.29 is 13.2 Å². The van der Waals surface area contributed by atoms with Gasteiger partial charge in [-0.25, -0.2) is 18.4 Å². The molecule has 0 fully saturated rings. The number of aryl methyl sites for hydroxylation is 1. The van der Waals surface area contributed by atoms with Gasteiger partial charge in [-0.15, -0.1) is 22.7 Å². The van der Waals surface area contributed by atoms with E-state index in [4.69, 9.17) is 0 Å². The highest BCUT2D eigenvalue weighted by Gasteiger charge is 2.15. The maximum atomic E-state index is 12.6. The molecule has 10 heteroatoms. The average Bonchev–Trinajstić information content (AvgIpc) is 3.43. The van der Waals surface area contributed by atoms with Crippen molar-refractivity contribution in [3.63, 3.8) is 0 Å².